The van der Waals surface area contributed by atoms with Crippen molar-refractivity contribution in [1.82, 2.24) is 4.98 Å². The molecule has 2 aliphatic heterocycles. The number of amides is 1. The van der Waals surface area contributed by atoms with Crippen molar-refractivity contribution in [2.75, 3.05) is 31.2 Å². The van der Waals surface area contributed by atoms with E-state index in [1.54, 1.807) is 18.2 Å². The van der Waals surface area contributed by atoms with Crippen molar-refractivity contribution in [2.24, 2.45) is 5.73 Å². The van der Waals surface area contributed by atoms with Gasteiger partial charge in [-0.3, -0.25) is 4.79 Å². The second kappa shape index (κ2) is 7.96. The molecule has 8 heteroatoms. The third-order valence-electron chi connectivity index (χ3n) is 5.34. The summed E-state index contributed by atoms with van der Waals surface area (Å²) in [5.74, 6) is 0.329. The van der Waals surface area contributed by atoms with E-state index in [1.165, 1.54) is 12.1 Å². The summed E-state index contributed by atoms with van der Waals surface area (Å²) in [6.45, 7) is 5.61. The van der Waals surface area contributed by atoms with Crippen LogP contribution in [-0.4, -0.2) is 55.5 Å². The lowest BCUT2D eigenvalue weighted by atomic mass is 10.1. The van der Waals surface area contributed by atoms with Crippen LogP contribution in [0.2, 0.25) is 0 Å². The van der Waals surface area contributed by atoms with E-state index in [2.05, 4.69) is 4.98 Å². The molecule has 2 atom stereocenters. The Hall–Kier alpha value is -2.71. The summed E-state index contributed by atoms with van der Waals surface area (Å²) < 4.78 is 31.0. The summed E-state index contributed by atoms with van der Waals surface area (Å²) in [4.78, 5) is 18.5. The van der Waals surface area contributed by atoms with Crippen LogP contribution in [0, 0.1) is 19.7 Å². The van der Waals surface area contributed by atoms with Gasteiger partial charge in [-0.05, 0) is 49.7 Å². The highest BCUT2D eigenvalue weighted by molar-refractivity contribution is 5.98. The zero-order valence-electron chi connectivity index (χ0n) is 16.4. The topological polar surface area (TPSA) is 86.9 Å². The molecule has 0 aliphatic carbocycles. The van der Waals surface area contributed by atoms with Gasteiger partial charge in [0.2, 0.25) is 0 Å². The second-order valence-corrected chi connectivity index (χ2v) is 7.47. The van der Waals surface area contributed by atoms with Crippen molar-refractivity contribution in [2.45, 2.75) is 32.2 Å². The molecule has 1 aromatic carbocycles. The van der Waals surface area contributed by atoms with Crippen molar-refractivity contribution < 1.29 is 23.4 Å². The predicted octanol–water partition coefficient (Wildman–Crippen LogP) is 1.99. The molecule has 0 bridgehead atoms. The fraction of sp³-hybridized carbons (Fsp3) is 0.429. The maximum atomic E-state index is 13.0. The Balaban J connectivity index is 1.43. The van der Waals surface area contributed by atoms with E-state index in [4.69, 9.17) is 19.9 Å². The molecular weight excluding hydrogens is 377 g/mol. The number of carbonyl (C=O) groups is 1. The maximum Gasteiger partial charge on any atom is 0.252 e. The Kier molecular flexibility index (Phi) is 5.38. The van der Waals surface area contributed by atoms with Gasteiger partial charge in [0.1, 0.15) is 35.7 Å². The molecule has 7 nitrogen and oxygen atoms in total. The van der Waals surface area contributed by atoms with Crippen LogP contribution in [0.5, 0.6) is 5.75 Å². The van der Waals surface area contributed by atoms with E-state index >= 15 is 0 Å². The SMILES string of the molecule is Cc1cc(C(N)=O)c(N2C[C@@H]3OCC(Oc4ccc(F)cc4)CO[C@H]3C2)nc1C. The first kappa shape index (κ1) is 19.6. The van der Waals surface area contributed by atoms with Gasteiger partial charge in [0.15, 0.2) is 0 Å². The summed E-state index contributed by atoms with van der Waals surface area (Å²) in [7, 11) is 0. The number of carbonyl (C=O) groups excluding carboxylic acids is 1. The molecule has 2 aromatic rings. The summed E-state index contributed by atoms with van der Waals surface area (Å²) in [6, 6.07) is 7.65. The number of primary amides is 1. The highest BCUT2D eigenvalue weighted by atomic mass is 19.1. The summed E-state index contributed by atoms with van der Waals surface area (Å²) in [5, 5.41) is 0. The van der Waals surface area contributed by atoms with E-state index in [1.807, 2.05) is 18.7 Å². The monoisotopic (exact) mass is 401 g/mol. The number of pyridine rings is 1. The second-order valence-electron chi connectivity index (χ2n) is 7.47. The summed E-state index contributed by atoms with van der Waals surface area (Å²) in [5.41, 5.74) is 7.74. The number of fused-ring (bicyclic) bond motifs is 1. The molecule has 3 heterocycles. The summed E-state index contributed by atoms with van der Waals surface area (Å²) >= 11 is 0. The number of rotatable bonds is 4. The Morgan fingerprint density at radius 1 is 1.17 bits per heavy atom. The lowest BCUT2D eigenvalue weighted by Crippen LogP contribution is -2.31. The normalized spacial score (nSPS) is 22.2. The molecule has 29 heavy (non-hydrogen) atoms. The van der Waals surface area contributed by atoms with Crippen LogP contribution < -0.4 is 15.4 Å². The van der Waals surface area contributed by atoms with Gasteiger partial charge in [-0.2, -0.15) is 0 Å². The number of benzene rings is 1. The molecular formula is C21H24FN3O4. The van der Waals surface area contributed by atoms with Gasteiger partial charge in [0.25, 0.3) is 5.91 Å². The van der Waals surface area contributed by atoms with Crippen LogP contribution in [0.3, 0.4) is 0 Å². The Morgan fingerprint density at radius 3 is 2.38 bits per heavy atom. The number of aromatic nitrogens is 1. The van der Waals surface area contributed by atoms with Gasteiger partial charge >= 0.3 is 0 Å². The average Bonchev–Trinajstić information content (AvgIpc) is 3.01. The van der Waals surface area contributed by atoms with Gasteiger partial charge in [-0.1, -0.05) is 0 Å². The first-order valence-electron chi connectivity index (χ1n) is 9.59. The third kappa shape index (κ3) is 4.18. The largest absolute Gasteiger partial charge is 0.486 e. The van der Waals surface area contributed by atoms with Crippen molar-refractivity contribution >= 4 is 11.7 Å². The molecule has 2 aliphatic rings. The van der Waals surface area contributed by atoms with Crippen LogP contribution >= 0.6 is 0 Å². The number of aryl methyl sites for hydroxylation is 2. The van der Waals surface area contributed by atoms with Gasteiger partial charge in [0, 0.05) is 18.8 Å². The van der Waals surface area contributed by atoms with Crippen molar-refractivity contribution in [3.63, 3.8) is 0 Å². The van der Waals surface area contributed by atoms with E-state index in [0.29, 0.717) is 43.4 Å². The fourth-order valence-corrected chi connectivity index (χ4v) is 3.64. The zero-order valence-corrected chi connectivity index (χ0v) is 16.4. The van der Waals surface area contributed by atoms with Crippen LogP contribution in [0.4, 0.5) is 10.2 Å². The molecule has 0 saturated carbocycles. The highest BCUT2D eigenvalue weighted by Gasteiger charge is 2.39. The minimum atomic E-state index is -0.503. The molecule has 2 N–H and O–H groups in total. The number of nitrogens with zero attached hydrogens (tertiary/aromatic N) is 2. The Labute approximate surface area is 168 Å². The number of halogens is 1. The van der Waals surface area contributed by atoms with Crippen LogP contribution in [0.1, 0.15) is 21.6 Å². The Bertz CT molecular complexity index is 890. The van der Waals surface area contributed by atoms with Crippen molar-refractivity contribution in [3.8, 4) is 5.75 Å². The van der Waals surface area contributed by atoms with Crippen LogP contribution in [-0.2, 0) is 9.47 Å². The molecule has 0 spiro atoms. The van der Waals surface area contributed by atoms with Gasteiger partial charge in [0.05, 0.1) is 18.8 Å². The number of hydrogen-bond donors (Lipinski definition) is 1. The van der Waals surface area contributed by atoms with Crippen molar-refractivity contribution in [1.29, 1.82) is 0 Å². The Morgan fingerprint density at radius 2 is 1.79 bits per heavy atom. The number of hydrogen-bond acceptors (Lipinski definition) is 6. The van der Waals surface area contributed by atoms with E-state index in [-0.39, 0.29) is 24.1 Å². The molecule has 4 rings (SSSR count). The van der Waals surface area contributed by atoms with Crippen molar-refractivity contribution in [3.05, 3.63) is 53.0 Å². The smallest absolute Gasteiger partial charge is 0.252 e. The fourth-order valence-electron chi connectivity index (χ4n) is 3.64. The molecule has 1 aromatic heterocycles. The van der Waals surface area contributed by atoms with E-state index in [9.17, 15) is 9.18 Å². The lowest BCUT2D eigenvalue weighted by Gasteiger charge is -2.22. The first-order valence-corrected chi connectivity index (χ1v) is 9.59. The molecule has 1 amide bonds. The quantitative estimate of drug-likeness (QED) is 0.843. The molecule has 0 radical (unpaired) electrons. The molecule has 2 fully saturated rings. The third-order valence-corrected chi connectivity index (χ3v) is 5.34. The van der Waals surface area contributed by atoms with Crippen LogP contribution in [0.15, 0.2) is 30.3 Å². The molecule has 2 saturated heterocycles. The lowest BCUT2D eigenvalue weighted by molar-refractivity contribution is -0.00461. The molecule has 0 unspecified atom stereocenters. The minimum absolute atomic E-state index is 0.166. The van der Waals surface area contributed by atoms with Crippen LogP contribution in [0.25, 0.3) is 0 Å². The highest BCUT2D eigenvalue weighted by Crippen LogP contribution is 2.29. The summed E-state index contributed by atoms with van der Waals surface area (Å²) in [6.07, 6.45) is -0.609. The number of ether oxygens (including phenoxy) is 3. The number of anilines is 1. The average molecular weight is 401 g/mol. The first-order chi connectivity index (χ1) is 13.9. The van der Waals surface area contributed by atoms with Gasteiger partial charge in [-0.15, -0.1) is 0 Å². The number of nitrogens with two attached hydrogens (primary N) is 1. The standard InChI is InChI=1S/C21H24FN3O4/c1-12-7-17(20(23)26)21(24-13(12)2)25-8-18-19(9-25)28-11-16(10-27-18)29-15-5-3-14(22)4-6-15/h3-7,16,18-19H,8-11H2,1-2H3,(H2,23,26)/t18-,19-/m0/s1. The predicted molar refractivity (Wildman–Crippen MR) is 105 cm³/mol. The maximum absolute atomic E-state index is 13.0. The van der Waals surface area contributed by atoms with E-state index < -0.39 is 5.91 Å². The van der Waals surface area contributed by atoms with Gasteiger partial charge in [-0.25, -0.2) is 9.37 Å². The zero-order chi connectivity index (χ0) is 20.5. The molecule has 154 valence electrons. The van der Waals surface area contributed by atoms with E-state index in [0.717, 1.165) is 11.3 Å². The van der Waals surface area contributed by atoms with Gasteiger partial charge < -0.3 is 24.8 Å². The minimum Gasteiger partial charge on any atom is -0.486 e.